The summed E-state index contributed by atoms with van der Waals surface area (Å²) in [7, 11) is 0. The van der Waals surface area contributed by atoms with Crippen LogP contribution in [0.5, 0.6) is 5.75 Å². The van der Waals surface area contributed by atoms with Crippen LogP contribution < -0.4 is 10.1 Å². The van der Waals surface area contributed by atoms with Gasteiger partial charge < -0.3 is 24.8 Å². The van der Waals surface area contributed by atoms with E-state index in [9.17, 15) is 14.4 Å². The molecule has 2 amide bonds. The molecule has 1 aliphatic rings. The minimum Gasteiger partial charge on any atom is -0.493 e. The number of ether oxygens (including phenoxy) is 2. The molecular weight excluding hydrogens is 328 g/mol. The maximum Gasteiger partial charge on any atom is 0.334 e. The van der Waals surface area contributed by atoms with Crippen LogP contribution in [-0.4, -0.2) is 66.2 Å². The quantitative estimate of drug-likeness (QED) is 0.775. The predicted molar refractivity (Wildman–Crippen MR) is 88.5 cm³/mol. The third-order valence-corrected chi connectivity index (χ3v) is 3.72. The van der Waals surface area contributed by atoms with E-state index < -0.39 is 18.0 Å². The van der Waals surface area contributed by atoms with Gasteiger partial charge in [-0.05, 0) is 26.0 Å². The van der Waals surface area contributed by atoms with Gasteiger partial charge in [-0.1, -0.05) is 12.1 Å². The monoisotopic (exact) mass is 350 g/mol. The Bertz CT molecular complexity index is 648. The molecule has 0 spiro atoms. The molecule has 1 aliphatic heterocycles. The summed E-state index contributed by atoms with van der Waals surface area (Å²) in [6.45, 7) is 3.96. The standard InChI is InChI=1S/C17H22N2O6/c1-3-24-13-7-5-4-6-12(13)16(21)18-8-15(20)19-9-11(2)25-14(10-19)17(22)23/h4-7,11,14H,3,8-10H2,1-2H3,(H,18,21)(H,22,23)/t11-,14?/m1/s1. The fourth-order valence-electron chi connectivity index (χ4n) is 2.59. The topological polar surface area (TPSA) is 105 Å². The first-order valence-electron chi connectivity index (χ1n) is 8.08. The number of carboxylic acid groups (broad SMARTS) is 1. The lowest BCUT2D eigenvalue weighted by Crippen LogP contribution is -2.53. The smallest absolute Gasteiger partial charge is 0.334 e. The zero-order chi connectivity index (χ0) is 18.4. The van der Waals surface area contributed by atoms with Crippen LogP contribution >= 0.6 is 0 Å². The van der Waals surface area contributed by atoms with Gasteiger partial charge in [0.2, 0.25) is 5.91 Å². The first-order valence-corrected chi connectivity index (χ1v) is 8.08. The molecule has 8 nitrogen and oxygen atoms in total. The molecule has 0 saturated carbocycles. The van der Waals surface area contributed by atoms with Gasteiger partial charge >= 0.3 is 5.97 Å². The molecule has 1 fully saturated rings. The van der Waals surface area contributed by atoms with Crippen molar-refractivity contribution in [1.29, 1.82) is 0 Å². The number of benzene rings is 1. The van der Waals surface area contributed by atoms with Crippen LogP contribution in [0.2, 0.25) is 0 Å². The second kappa shape index (κ2) is 8.48. The van der Waals surface area contributed by atoms with E-state index in [0.717, 1.165) is 0 Å². The zero-order valence-electron chi connectivity index (χ0n) is 14.2. The second-order valence-corrected chi connectivity index (χ2v) is 5.68. The van der Waals surface area contributed by atoms with Crippen molar-refractivity contribution in [3.05, 3.63) is 29.8 Å². The average Bonchev–Trinajstić information content (AvgIpc) is 2.59. The van der Waals surface area contributed by atoms with Crippen molar-refractivity contribution in [2.75, 3.05) is 26.2 Å². The summed E-state index contributed by atoms with van der Waals surface area (Å²) in [6.07, 6.45) is -1.43. The summed E-state index contributed by atoms with van der Waals surface area (Å²) in [5, 5.41) is 11.6. The molecule has 136 valence electrons. The summed E-state index contributed by atoms with van der Waals surface area (Å²) in [4.78, 5) is 37.0. The Morgan fingerprint density at radius 1 is 1.32 bits per heavy atom. The summed E-state index contributed by atoms with van der Waals surface area (Å²) < 4.78 is 10.7. The molecular formula is C17H22N2O6. The van der Waals surface area contributed by atoms with E-state index in [4.69, 9.17) is 14.6 Å². The maximum absolute atomic E-state index is 12.3. The highest BCUT2D eigenvalue weighted by Crippen LogP contribution is 2.17. The maximum atomic E-state index is 12.3. The number of nitrogens with one attached hydrogen (secondary N) is 1. The van der Waals surface area contributed by atoms with E-state index >= 15 is 0 Å². The normalized spacial score (nSPS) is 20.0. The molecule has 25 heavy (non-hydrogen) atoms. The number of morpholine rings is 1. The van der Waals surface area contributed by atoms with Crippen LogP contribution in [-0.2, 0) is 14.3 Å². The Kier molecular flexibility index (Phi) is 6.35. The third-order valence-electron chi connectivity index (χ3n) is 3.72. The predicted octanol–water partition coefficient (Wildman–Crippen LogP) is 0.516. The van der Waals surface area contributed by atoms with Crippen molar-refractivity contribution in [3.63, 3.8) is 0 Å². The second-order valence-electron chi connectivity index (χ2n) is 5.68. The number of rotatable bonds is 6. The van der Waals surface area contributed by atoms with Gasteiger partial charge in [0, 0.05) is 6.54 Å². The fourth-order valence-corrected chi connectivity index (χ4v) is 2.59. The van der Waals surface area contributed by atoms with E-state index in [1.54, 1.807) is 31.2 Å². The van der Waals surface area contributed by atoms with Gasteiger partial charge in [0.05, 0.1) is 31.4 Å². The number of hydrogen-bond acceptors (Lipinski definition) is 5. The molecule has 2 N–H and O–H groups in total. The summed E-state index contributed by atoms with van der Waals surface area (Å²) in [6, 6.07) is 6.76. The Morgan fingerprint density at radius 3 is 2.72 bits per heavy atom. The molecule has 1 heterocycles. The van der Waals surface area contributed by atoms with Crippen LogP contribution in [0.3, 0.4) is 0 Å². The van der Waals surface area contributed by atoms with Gasteiger partial charge in [0.15, 0.2) is 6.10 Å². The lowest BCUT2D eigenvalue weighted by Gasteiger charge is -2.35. The molecule has 0 radical (unpaired) electrons. The highest BCUT2D eigenvalue weighted by Gasteiger charge is 2.32. The minimum absolute atomic E-state index is 0.0378. The van der Waals surface area contributed by atoms with Crippen molar-refractivity contribution in [2.24, 2.45) is 0 Å². The Balaban J connectivity index is 1.95. The van der Waals surface area contributed by atoms with E-state index in [-0.39, 0.29) is 31.6 Å². The van der Waals surface area contributed by atoms with E-state index in [1.807, 2.05) is 6.92 Å². The third kappa shape index (κ3) is 4.93. The Morgan fingerprint density at radius 2 is 2.04 bits per heavy atom. The number of para-hydroxylation sites is 1. The molecule has 1 aromatic rings. The summed E-state index contributed by atoms with van der Waals surface area (Å²) in [5.41, 5.74) is 0.343. The SMILES string of the molecule is CCOc1ccccc1C(=O)NCC(=O)N1CC(C(=O)O)O[C@H](C)C1. The van der Waals surface area contributed by atoms with Gasteiger partial charge in [-0.15, -0.1) is 0 Å². The highest BCUT2D eigenvalue weighted by molar-refractivity contribution is 5.98. The van der Waals surface area contributed by atoms with Crippen LogP contribution in [0.1, 0.15) is 24.2 Å². The van der Waals surface area contributed by atoms with Gasteiger partial charge in [-0.2, -0.15) is 0 Å². The van der Waals surface area contributed by atoms with Crippen molar-refractivity contribution >= 4 is 17.8 Å². The number of carbonyl (C=O) groups excluding carboxylic acids is 2. The molecule has 8 heteroatoms. The summed E-state index contributed by atoms with van der Waals surface area (Å²) >= 11 is 0. The largest absolute Gasteiger partial charge is 0.493 e. The number of nitrogens with zero attached hydrogens (tertiary/aromatic N) is 1. The zero-order valence-corrected chi connectivity index (χ0v) is 14.2. The summed E-state index contributed by atoms with van der Waals surface area (Å²) in [5.74, 6) is -1.45. The van der Waals surface area contributed by atoms with Gasteiger partial charge in [-0.3, -0.25) is 9.59 Å². The van der Waals surface area contributed by atoms with Crippen molar-refractivity contribution in [3.8, 4) is 5.75 Å². The number of aliphatic carboxylic acids is 1. The number of carboxylic acids is 1. The Labute approximate surface area is 145 Å². The van der Waals surface area contributed by atoms with Gasteiger partial charge in [0.25, 0.3) is 5.91 Å². The van der Waals surface area contributed by atoms with E-state index in [0.29, 0.717) is 17.9 Å². The van der Waals surface area contributed by atoms with Crippen molar-refractivity contribution in [2.45, 2.75) is 26.1 Å². The van der Waals surface area contributed by atoms with E-state index in [1.165, 1.54) is 4.90 Å². The minimum atomic E-state index is -1.11. The molecule has 1 saturated heterocycles. The van der Waals surface area contributed by atoms with Crippen LogP contribution in [0.4, 0.5) is 0 Å². The first-order chi connectivity index (χ1) is 11.9. The molecule has 2 rings (SSSR count). The highest BCUT2D eigenvalue weighted by atomic mass is 16.5. The lowest BCUT2D eigenvalue weighted by atomic mass is 10.2. The molecule has 1 aromatic carbocycles. The van der Waals surface area contributed by atoms with Crippen LogP contribution in [0, 0.1) is 0 Å². The van der Waals surface area contributed by atoms with E-state index in [2.05, 4.69) is 5.32 Å². The fraction of sp³-hybridized carbons (Fsp3) is 0.471. The molecule has 1 unspecified atom stereocenters. The lowest BCUT2D eigenvalue weighted by molar-refractivity contribution is -0.166. The van der Waals surface area contributed by atoms with Crippen LogP contribution in [0.25, 0.3) is 0 Å². The van der Waals surface area contributed by atoms with Gasteiger partial charge in [0.1, 0.15) is 5.75 Å². The molecule has 0 aromatic heterocycles. The number of amides is 2. The number of carbonyl (C=O) groups is 3. The molecule has 0 bridgehead atoms. The number of hydrogen-bond donors (Lipinski definition) is 2. The van der Waals surface area contributed by atoms with Crippen molar-refractivity contribution < 1.29 is 29.0 Å². The van der Waals surface area contributed by atoms with Crippen LogP contribution in [0.15, 0.2) is 24.3 Å². The first kappa shape index (κ1) is 18.7. The molecule has 0 aliphatic carbocycles. The average molecular weight is 350 g/mol. The molecule has 2 atom stereocenters. The van der Waals surface area contributed by atoms with Crippen molar-refractivity contribution in [1.82, 2.24) is 10.2 Å². The van der Waals surface area contributed by atoms with Gasteiger partial charge in [-0.25, -0.2) is 4.79 Å². The Hall–Kier alpha value is -2.61.